The van der Waals surface area contributed by atoms with E-state index in [1.807, 2.05) is 6.92 Å². The van der Waals surface area contributed by atoms with E-state index in [1.54, 1.807) is 6.07 Å². The molecule has 1 saturated carbocycles. The van der Waals surface area contributed by atoms with Gasteiger partial charge in [0.25, 0.3) is 0 Å². The Kier molecular flexibility index (Phi) is 4.37. The van der Waals surface area contributed by atoms with Crippen LogP contribution in [0.5, 0.6) is 0 Å². The molecule has 3 N–H and O–H groups in total. The number of hydrogen-bond donors (Lipinski definition) is 2. The van der Waals surface area contributed by atoms with Crippen molar-refractivity contribution < 1.29 is 14.3 Å². The molecule has 116 valence electrons. The first kappa shape index (κ1) is 15.6. The van der Waals surface area contributed by atoms with Gasteiger partial charge in [-0.1, -0.05) is 13.8 Å². The van der Waals surface area contributed by atoms with E-state index in [9.17, 15) is 4.79 Å². The second-order valence-electron chi connectivity index (χ2n) is 5.85. The molecular weight excluding hydrogens is 270 g/mol. The Labute approximate surface area is 125 Å². The highest BCUT2D eigenvalue weighted by Gasteiger charge is 2.49. The Morgan fingerprint density at radius 2 is 2.29 bits per heavy atom. The van der Waals surface area contributed by atoms with Crippen LogP contribution >= 0.6 is 0 Å². The van der Waals surface area contributed by atoms with Crippen LogP contribution in [0.3, 0.4) is 0 Å². The number of hydrogen-bond acceptors (Lipinski definition) is 6. The molecule has 0 bridgehead atoms. The van der Waals surface area contributed by atoms with Gasteiger partial charge in [-0.15, -0.1) is 0 Å². The van der Waals surface area contributed by atoms with Crippen LogP contribution in [0.2, 0.25) is 0 Å². The van der Waals surface area contributed by atoms with E-state index in [0.29, 0.717) is 23.7 Å². The van der Waals surface area contributed by atoms with Gasteiger partial charge in [-0.2, -0.15) is 0 Å². The molecule has 21 heavy (non-hydrogen) atoms. The first-order chi connectivity index (χ1) is 9.90. The molecule has 0 saturated heterocycles. The molecule has 1 aromatic heterocycles. The summed E-state index contributed by atoms with van der Waals surface area (Å²) in [5.74, 6) is 0.0554. The number of nitrogen functional groups attached to an aromatic ring is 1. The fraction of sp³-hybridized carbons (Fsp3) is 0.600. The molecule has 1 aliphatic rings. The number of aromatic nitrogens is 1. The number of rotatable bonds is 5. The molecule has 2 unspecified atom stereocenters. The zero-order valence-electron chi connectivity index (χ0n) is 13.0. The molecule has 0 amide bonds. The van der Waals surface area contributed by atoms with Crippen molar-refractivity contribution in [3.63, 3.8) is 0 Å². The lowest BCUT2D eigenvalue weighted by molar-refractivity contribution is -0.0976. The Balaban J connectivity index is 2.16. The van der Waals surface area contributed by atoms with Crippen LogP contribution in [0.25, 0.3) is 0 Å². The highest BCUT2D eigenvalue weighted by Crippen LogP contribution is 2.44. The minimum absolute atomic E-state index is 0.0214. The minimum Gasteiger partial charge on any atom is -0.465 e. The number of carbonyl (C=O) groups is 1. The number of carbonyl (C=O) groups excluding carboxylic acids is 1. The predicted octanol–water partition coefficient (Wildman–Crippen LogP) is 2.07. The summed E-state index contributed by atoms with van der Waals surface area (Å²) < 4.78 is 10.5. The summed E-state index contributed by atoms with van der Waals surface area (Å²) in [6, 6.07) is 1.76. The second-order valence-corrected chi connectivity index (χ2v) is 5.85. The van der Waals surface area contributed by atoms with Gasteiger partial charge in [0.2, 0.25) is 0 Å². The Morgan fingerprint density at radius 3 is 2.86 bits per heavy atom. The average molecular weight is 293 g/mol. The topological polar surface area (TPSA) is 86.5 Å². The summed E-state index contributed by atoms with van der Waals surface area (Å²) in [6.45, 7) is 6.98. The van der Waals surface area contributed by atoms with Gasteiger partial charge >= 0.3 is 5.97 Å². The monoisotopic (exact) mass is 293 g/mol. The van der Waals surface area contributed by atoms with E-state index < -0.39 is 5.97 Å². The van der Waals surface area contributed by atoms with Gasteiger partial charge in [0.15, 0.2) is 0 Å². The number of pyridine rings is 1. The van der Waals surface area contributed by atoms with Crippen molar-refractivity contribution >= 4 is 17.5 Å². The molecule has 0 aliphatic heterocycles. The number of nitrogens with one attached hydrogen (secondary N) is 1. The standard InChI is InChI=1S/C15H23N3O3/c1-5-21-12-7-11(15(12,2)3)18-13-10(14(19)20-4)6-9(16)8-17-13/h6,8,11-12H,5,7,16H2,1-4H3,(H,17,18). The van der Waals surface area contributed by atoms with E-state index in [0.717, 1.165) is 6.42 Å². The van der Waals surface area contributed by atoms with E-state index >= 15 is 0 Å². The van der Waals surface area contributed by atoms with Crippen molar-refractivity contribution in [1.29, 1.82) is 0 Å². The summed E-state index contributed by atoms with van der Waals surface area (Å²) in [4.78, 5) is 16.0. The average Bonchev–Trinajstić information content (AvgIpc) is 2.46. The maximum Gasteiger partial charge on any atom is 0.341 e. The summed E-state index contributed by atoms with van der Waals surface area (Å²) in [5, 5.41) is 3.32. The lowest BCUT2D eigenvalue weighted by Gasteiger charge is -2.51. The number of nitrogens with zero attached hydrogens (tertiary/aromatic N) is 1. The molecule has 6 heteroatoms. The SMILES string of the molecule is CCOC1CC(Nc2ncc(N)cc2C(=O)OC)C1(C)C. The van der Waals surface area contributed by atoms with Crippen molar-refractivity contribution in [2.24, 2.45) is 5.41 Å². The van der Waals surface area contributed by atoms with Crippen LogP contribution in [0.4, 0.5) is 11.5 Å². The Bertz CT molecular complexity index is 531. The number of nitrogens with two attached hydrogens (primary N) is 1. The van der Waals surface area contributed by atoms with Crippen LogP contribution in [0, 0.1) is 5.41 Å². The molecule has 1 aliphatic carbocycles. The molecule has 6 nitrogen and oxygen atoms in total. The largest absolute Gasteiger partial charge is 0.465 e. The maximum atomic E-state index is 11.8. The van der Waals surface area contributed by atoms with Crippen molar-refractivity contribution in [1.82, 2.24) is 4.98 Å². The van der Waals surface area contributed by atoms with Gasteiger partial charge in [0, 0.05) is 18.1 Å². The zero-order chi connectivity index (χ0) is 15.6. The first-order valence-corrected chi connectivity index (χ1v) is 7.12. The van der Waals surface area contributed by atoms with Crippen molar-refractivity contribution in [2.45, 2.75) is 39.3 Å². The summed E-state index contributed by atoms with van der Waals surface area (Å²) >= 11 is 0. The van der Waals surface area contributed by atoms with E-state index in [-0.39, 0.29) is 17.6 Å². The summed E-state index contributed by atoms with van der Waals surface area (Å²) in [7, 11) is 1.34. The predicted molar refractivity (Wildman–Crippen MR) is 81.2 cm³/mol. The molecule has 2 rings (SSSR count). The molecule has 1 fully saturated rings. The molecule has 1 aromatic rings. The van der Waals surface area contributed by atoms with Crippen LogP contribution in [-0.4, -0.2) is 36.8 Å². The van der Waals surface area contributed by atoms with E-state index in [2.05, 4.69) is 24.1 Å². The van der Waals surface area contributed by atoms with Gasteiger partial charge in [-0.05, 0) is 19.4 Å². The lowest BCUT2D eigenvalue weighted by Crippen LogP contribution is -2.58. The van der Waals surface area contributed by atoms with Crippen molar-refractivity contribution in [3.8, 4) is 0 Å². The minimum atomic E-state index is -0.448. The number of methoxy groups -OCH3 is 1. The van der Waals surface area contributed by atoms with Gasteiger partial charge in [-0.25, -0.2) is 9.78 Å². The van der Waals surface area contributed by atoms with E-state index in [4.69, 9.17) is 15.2 Å². The Hall–Kier alpha value is -1.82. The molecule has 0 spiro atoms. The highest BCUT2D eigenvalue weighted by atomic mass is 16.5. The van der Waals surface area contributed by atoms with Gasteiger partial charge in [0.05, 0.1) is 25.1 Å². The molecule has 1 heterocycles. The third-order valence-electron chi connectivity index (χ3n) is 4.17. The third kappa shape index (κ3) is 2.95. The number of esters is 1. The first-order valence-electron chi connectivity index (χ1n) is 7.12. The number of anilines is 2. The van der Waals surface area contributed by atoms with Crippen molar-refractivity contribution in [3.05, 3.63) is 17.8 Å². The highest BCUT2D eigenvalue weighted by molar-refractivity contribution is 5.95. The zero-order valence-corrected chi connectivity index (χ0v) is 13.0. The van der Waals surface area contributed by atoms with Gasteiger partial charge < -0.3 is 20.5 Å². The van der Waals surface area contributed by atoms with Crippen LogP contribution in [-0.2, 0) is 9.47 Å². The van der Waals surface area contributed by atoms with Gasteiger partial charge in [-0.3, -0.25) is 0 Å². The molecular formula is C15H23N3O3. The normalized spacial score (nSPS) is 23.2. The fourth-order valence-electron chi connectivity index (χ4n) is 2.64. The van der Waals surface area contributed by atoms with Crippen LogP contribution in [0.1, 0.15) is 37.6 Å². The van der Waals surface area contributed by atoms with Gasteiger partial charge in [0.1, 0.15) is 11.4 Å². The summed E-state index contributed by atoms with van der Waals surface area (Å²) in [6.07, 6.45) is 2.63. The maximum absolute atomic E-state index is 11.8. The van der Waals surface area contributed by atoms with Crippen LogP contribution in [0.15, 0.2) is 12.3 Å². The quantitative estimate of drug-likeness (QED) is 0.808. The molecule has 2 atom stereocenters. The van der Waals surface area contributed by atoms with Crippen LogP contribution < -0.4 is 11.1 Å². The second kappa shape index (κ2) is 5.89. The summed E-state index contributed by atoms with van der Waals surface area (Å²) in [5.41, 5.74) is 6.46. The van der Waals surface area contributed by atoms with E-state index in [1.165, 1.54) is 13.3 Å². The lowest BCUT2D eigenvalue weighted by atomic mass is 9.64. The molecule has 0 radical (unpaired) electrons. The fourth-order valence-corrected chi connectivity index (χ4v) is 2.64. The smallest absolute Gasteiger partial charge is 0.341 e. The molecule has 0 aromatic carbocycles. The Morgan fingerprint density at radius 1 is 1.57 bits per heavy atom. The van der Waals surface area contributed by atoms with Crippen molar-refractivity contribution in [2.75, 3.05) is 24.8 Å². The number of ether oxygens (including phenoxy) is 2. The third-order valence-corrected chi connectivity index (χ3v) is 4.17.